The molecule has 1 N–H and O–H groups in total. The second-order valence-corrected chi connectivity index (χ2v) is 4.63. The van der Waals surface area contributed by atoms with Gasteiger partial charge >= 0.3 is 0 Å². The second-order valence-electron chi connectivity index (χ2n) is 3.77. The van der Waals surface area contributed by atoms with Gasteiger partial charge in [-0.3, -0.25) is 4.79 Å². The fourth-order valence-corrected chi connectivity index (χ4v) is 2.12. The maximum absolute atomic E-state index is 10.9. The van der Waals surface area contributed by atoms with E-state index in [2.05, 4.69) is 15.5 Å². The highest BCUT2D eigenvalue weighted by Crippen LogP contribution is 2.18. The van der Waals surface area contributed by atoms with E-state index in [1.807, 2.05) is 17.5 Å². The van der Waals surface area contributed by atoms with E-state index in [0.717, 1.165) is 11.3 Å². The number of thiazole rings is 1. The number of nitrogens with one attached hydrogen (secondary N) is 1. The van der Waals surface area contributed by atoms with Gasteiger partial charge in [0.25, 0.3) is 0 Å². The van der Waals surface area contributed by atoms with E-state index in [0.29, 0.717) is 10.8 Å². The van der Waals surface area contributed by atoms with Gasteiger partial charge in [0.1, 0.15) is 5.69 Å². The number of anilines is 1. The zero-order chi connectivity index (χ0) is 13.7. The maximum Gasteiger partial charge on any atom is 0.223 e. The standard InChI is InChI=1S/C13H11N3O2S/c1-9(17)14-13-15-12(8-19-13)7-4-10-2-5-11(16-18)6-3-10/h2-8H,1H3,(H,14,15,17)/b7-4-. The Labute approximate surface area is 114 Å². The number of nitroso groups, excluding NO2 is 1. The molecule has 0 unspecified atom stereocenters. The molecule has 0 spiro atoms. The van der Waals surface area contributed by atoms with Crippen LogP contribution in [0.2, 0.25) is 0 Å². The van der Waals surface area contributed by atoms with Gasteiger partial charge in [-0.1, -0.05) is 18.2 Å². The molecule has 5 nitrogen and oxygen atoms in total. The molecular formula is C13H11N3O2S. The molecule has 2 rings (SSSR count). The molecule has 0 atom stereocenters. The van der Waals surface area contributed by atoms with Crippen LogP contribution in [0.5, 0.6) is 0 Å². The van der Waals surface area contributed by atoms with Crippen LogP contribution in [0.25, 0.3) is 12.2 Å². The normalized spacial score (nSPS) is 10.6. The van der Waals surface area contributed by atoms with Crippen LogP contribution in [-0.2, 0) is 4.79 Å². The third kappa shape index (κ3) is 3.82. The molecule has 0 fully saturated rings. The van der Waals surface area contributed by atoms with Gasteiger partial charge in [0.15, 0.2) is 5.13 Å². The highest BCUT2D eigenvalue weighted by Gasteiger charge is 2.00. The third-order valence-electron chi connectivity index (χ3n) is 2.25. The number of carbonyl (C=O) groups excluding carboxylic acids is 1. The lowest BCUT2D eigenvalue weighted by Crippen LogP contribution is -2.04. The first kappa shape index (κ1) is 13.1. The predicted molar refractivity (Wildman–Crippen MR) is 77.2 cm³/mol. The molecule has 1 amide bonds. The van der Waals surface area contributed by atoms with E-state index < -0.39 is 0 Å². The molecule has 96 valence electrons. The van der Waals surface area contributed by atoms with E-state index in [9.17, 15) is 9.70 Å². The Kier molecular flexibility index (Phi) is 4.15. The van der Waals surface area contributed by atoms with E-state index in [4.69, 9.17) is 0 Å². The molecule has 0 aliphatic heterocycles. The molecule has 0 aliphatic carbocycles. The Morgan fingerprint density at radius 1 is 1.32 bits per heavy atom. The van der Waals surface area contributed by atoms with Crippen molar-refractivity contribution < 1.29 is 4.79 Å². The first-order valence-electron chi connectivity index (χ1n) is 5.52. The minimum absolute atomic E-state index is 0.137. The van der Waals surface area contributed by atoms with Gasteiger partial charge in [-0.15, -0.1) is 16.2 Å². The monoisotopic (exact) mass is 273 g/mol. The largest absolute Gasteiger partial charge is 0.302 e. The van der Waals surface area contributed by atoms with Crippen LogP contribution in [0.4, 0.5) is 10.8 Å². The van der Waals surface area contributed by atoms with E-state index in [1.165, 1.54) is 18.3 Å². The van der Waals surface area contributed by atoms with E-state index in [-0.39, 0.29) is 5.91 Å². The number of nitrogens with zero attached hydrogens (tertiary/aromatic N) is 2. The number of rotatable bonds is 4. The Balaban J connectivity index is 2.06. The molecule has 0 bridgehead atoms. The number of benzene rings is 1. The molecular weight excluding hydrogens is 262 g/mol. The van der Waals surface area contributed by atoms with Gasteiger partial charge in [-0.25, -0.2) is 4.98 Å². The summed E-state index contributed by atoms with van der Waals surface area (Å²) in [6, 6.07) is 6.90. The van der Waals surface area contributed by atoms with Gasteiger partial charge < -0.3 is 5.32 Å². The molecule has 0 saturated carbocycles. The second kappa shape index (κ2) is 6.01. The lowest BCUT2D eigenvalue weighted by molar-refractivity contribution is -0.114. The van der Waals surface area contributed by atoms with Crippen LogP contribution >= 0.6 is 11.3 Å². The minimum atomic E-state index is -0.137. The summed E-state index contributed by atoms with van der Waals surface area (Å²) < 4.78 is 0. The van der Waals surface area contributed by atoms with Crippen molar-refractivity contribution in [2.24, 2.45) is 5.18 Å². The van der Waals surface area contributed by atoms with Crippen LogP contribution in [-0.4, -0.2) is 10.9 Å². The lowest BCUT2D eigenvalue weighted by Gasteiger charge is -1.93. The number of aromatic nitrogens is 1. The number of hydrogen-bond acceptors (Lipinski definition) is 5. The Bertz CT molecular complexity index is 617. The predicted octanol–water partition coefficient (Wildman–Crippen LogP) is 3.67. The van der Waals surface area contributed by atoms with Gasteiger partial charge in [-0.2, -0.15) is 0 Å². The summed E-state index contributed by atoms with van der Waals surface area (Å²) >= 11 is 1.37. The fraction of sp³-hybridized carbons (Fsp3) is 0.0769. The molecule has 1 aromatic carbocycles. The molecule has 0 aliphatic rings. The Morgan fingerprint density at radius 2 is 2.05 bits per heavy atom. The third-order valence-corrected chi connectivity index (χ3v) is 3.03. The first-order valence-corrected chi connectivity index (χ1v) is 6.40. The van der Waals surface area contributed by atoms with Crippen LogP contribution in [0.15, 0.2) is 34.8 Å². The van der Waals surface area contributed by atoms with Gasteiger partial charge in [0.2, 0.25) is 5.91 Å². The summed E-state index contributed by atoms with van der Waals surface area (Å²) in [5.41, 5.74) is 2.12. The Morgan fingerprint density at radius 3 is 2.68 bits per heavy atom. The average molecular weight is 273 g/mol. The first-order chi connectivity index (χ1) is 9.17. The van der Waals surface area contributed by atoms with Gasteiger partial charge in [0.05, 0.1) is 5.69 Å². The van der Waals surface area contributed by atoms with Crippen molar-refractivity contribution in [3.63, 3.8) is 0 Å². The van der Waals surface area contributed by atoms with Crippen molar-refractivity contribution in [2.45, 2.75) is 6.92 Å². The van der Waals surface area contributed by atoms with Crippen molar-refractivity contribution >= 4 is 40.2 Å². The summed E-state index contributed by atoms with van der Waals surface area (Å²) in [4.78, 5) is 25.4. The van der Waals surface area contributed by atoms with Gasteiger partial charge in [0, 0.05) is 12.3 Å². The smallest absolute Gasteiger partial charge is 0.223 e. The molecule has 0 radical (unpaired) electrons. The van der Waals surface area contributed by atoms with E-state index >= 15 is 0 Å². The van der Waals surface area contributed by atoms with Crippen molar-refractivity contribution in [2.75, 3.05) is 5.32 Å². The topological polar surface area (TPSA) is 71.4 Å². The van der Waals surface area contributed by atoms with Crippen LogP contribution in [0.3, 0.4) is 0 Å². The molecule has 19 heavy (non-hydrogen) atoms. The van der Waals surface area contributed by atoms with Crippen LogP contribution in [0, 0.1) is 4.91 Å². The Hall–Kier alpha value is -2.34. The van der Waals surface area contributed by atoms with Gasteiger partial charge in [-0.05, 0) is 28.9 Å². The summed E-state index contributed by atoms with van der Waals surface area (Å²) in [6.45, 7) is 1.44. The fourth-order valence-electron chi connectivity index (χ4n) is 1.40. The lowest BCUT2D eigenvalue weighted by atomic mass is 10.2. The quantitative estimate of drug-likeness (QED) is 0.864. The summed E-state index contributed by atoms with van der Waals surface area (Å²) in [5, 5.41) is 7.89. The molecule has 1 heterocycles. The molecule has 2 aromatic rings. The maximum atomic E-state index is 10.9. The minimum Gasteiger partial charge on any atom is -0.302 e. The van der Waals surface area contributed by atoms with Crippen molar-refractivity contribution in [1.82, 2.24) is 4.98 Å². The number of amides is 1. The SMILES string of the molecule is CC(=O)Nc1nc(/C=C\c2ccc(N=O)cc2)cs1. The summed E-state index contributed by atoms with van der Waals surface area (Å²) in [5.74, 6) is -0.137. The van der Waals surface area contributed by atoms with Crippen LogP contribution in [0.1, 0.15) is 18.2 Å². The van der Waals surface area contributed by atoms with Crippen molar-refractivity contribution in [3.05, 3.63) is 45.8 Å². The average Bonchev–Trinajstić information content (AvgIpc) is 2.84. The van der Waals surface area contributed by atoms with E-state index in [1.54, 1.807) is 24.3 Å². The summed E-state index contributed by atoms with van der Waals surface area (Å²) in [6.07, 6.45) is 3.71. The highest BCUT2D eigenvalue weighted by atomic mass is 32.1. The molecule has 0 saturated heterocycles. The molecule has 6 heteroatoms. The highest BCUT2D eigenvalue weighted by molar-refractivity contribution is 7.14. The number of carbonyl (C=O) groups is 1. The van der Waals surface area contributed by atoms with Crippen molar-refractivity contribution in [1.29, 1.82) is 0 Å². The number of hydrogen-bond donors (Lipinski definition) is 1. The summed E-state index contributed by atoms with van der Waals surface area (Å²) in [7, 11) is 0. The van der Waals surface area contributed by atoms with Crippen molar-refractivity contribution in [3.8, 4) is 0 Å². The zero-order valence-corrected chi connectivity index (χ0v) is 11.0. The van der Waals surface area contributed by atoms with Crippen LogP contribution < -0.4 is 5.32 Å². The zero-order valence-electron chi connectivity index (χ0n) is 10.2. The molecule has 1 aromatic heterocycles.